The summed E-state index contributed by atoms with van der Waals surface area (Å²) in [5, 5.41) is 2.83. The monoisotopic (exact) mass is 260 g/mol. The largest absolute Gasteiger partial charge is 0.349 e. The van der Waals surface area contributed by atoms with Crippen LogP contribution in [0.3, 0.4) is 0 Å². The second-order valence-corrected chi connectivity index (χ2v) is 5.76. The van der Waals surface area contributed by atoms with Crippen LogP contribution in [-0.2, 0) is 11.3 Å². The Morgan fingerprint density at radius 2 is 2.21 bits per heavy atom. The van der Waals surface area contributed by atoms with E-state index in [1.807, 2.05) is 55.8 Å². The number of carbonyl (C=O) groups excluding carboxylic acids is 1. The standard InChI is InChI=1S/C14H20N4O/c1-14(2,3)12(15)13(19)16-8-10-9-18-7-5-4-6-11(18)17-10/h4-7,9,12H,8,15H2,1-3H3,(H,16,19). The van der Waals surface area contributed by atoms with Gasteiger partial charge in [0.1, 0.15) is 5.65 Å². The van der Waals surface area contributed by atoms with Gasteiger partial charge in [-0.1, -0.05) is 26.8 Å². The molecule has 0 saturated carbocycles. The fraction of sp³-hybridized carbons (Fsp3) is 0.429. The molecule has 0 aromatic carbocycles. The number of aromatic nitrogens is 2. The Balaban J connectivity index is 2.01. The summed E-state index contributed by atoms with van der Waals surface area (Å²) in [6, 6.07) is 5.27. The maximum atomic E-state index is 11.9. The molecule has 0 radical (unpaired) electrons. The second-order valence-electron chi connectivity index (χ2n) is 5.76. The van der Waals surface area contributed by atoms with E-state index >= 15 is 0 Å². The number of rotatable bonds is 3. The van der Waals surface area contributed by atoms with Crippen LogP contribution in [0.1, 0.15) is 26.5 Å². The van der Waals surface area contributed by atoms with Crippen molar-refractivity contribution in [1.82, 2.24) is 14.7 Å². The fourth-order valence-corrected chi connectivity index (χ4v) is 1.75. The van der Waals surface area contributed by atoms with E-state index in [1.165, 1.54) is 0 Å². The van der Waals surface area contributed by atoms with Gasteiger partial charge >= 0.3 is 0 Å². The topological polar surface area (TPSA) is 72.4 Å². The number of amides is 1. The second kappa shape index (κ2) is 5.01. The van der Waals surface area contributed by atoms with Gasteiger partial charge in [-0.2, -0.15) is 0 Å². The van der Waals surface area contributed by atoms with Crippen LogP contribution >= 0.6 is 0 Å². The Kier molecular flexibility index (Phi) is 3.57. The number of nitrogens with zero attached hydrogens (tertiary/aromatic N) is 2. The third kappa shape index (κ3) is 3.12. The van der Waals surface area contributed by atoms with Gasteiger partial charge in [0, 0.05) is 12.4 Å². The minimum absolute atomic E-state index is 0.149. The number of hydrogen-bond acceptors (Lipinski definition) is 3. The van der Waals surface area contributed by atoms with E-state index in [1.54, 1.807) is 0 Å². The lowest BCUT2D eigenvalue weighted by molar-refractivity contribution is -0.124. The molecule has 2 aromatic rings. The highest BCUT2D eigenvalue weighted by atomic mass is 16.2. The molecule has 0 bridgehead atoms. The first-order valence-corrected chi connectivity index (χ1v) is 6.34. The van der Waals surface area contributed by atoms with E-state index in [0.717, 1.165) is 11.3 Å². The number of carbonyl (C=O) groups is 1. The number of hydrogen-bond donors (Lipinski definition) is 2. The minimum Gasteiger partial charge on any atom is -0.349 e. The van der Waals surface area contributed by atoms with Gasteiger partial charge in [0.2, 0.25) is 5.91 Å². The number of nitrogens with two attached hydrogens (primary N) is 1. The molecule has 0 aliphatic heterocycles. The summed E-state index contributed by atoms with van der Waals surface area (Å²) in [6.45, 7) is 6.23. The van der Waals surface area contributed by atoms with Gasteiger partial charge in [-0.25, -0.2) is 4.98 Å². The average molecular weight is 260 g/mol. The van der Waals surface area contributed by atoms with Crippen molar-refractivity contribution in [1.29, 1.82) is 0 Å². The van der Waals surface area contributed by atoms with Gasteiger partial charge in [0.05, 0.1) is 18.3 Å². The SMILES string of the molecule is CC(C)(C)C(N)C(=O)NCc1cn2ccccc2n1. The van der Waals surface area contributed by atoms with Crippen LogP contribution < -0.4 is 11.1 Å². The molecular formula is C14H20N4O. The minimum atomic E-state index is -0.524. The van der Waals surface area contributed by atoms with Crippen LogP contribution in [-0.4, -0.2) is 21.3 Å². The summed E-state index contributed by atoms with van der Waals surface area (Å²) in [5.74, 6) is -0.149. The normalized spacial score (nSPS) is 13.5. The molecule has 5 heteroatoms. The van der Waals surface area contributed by atoms with E-state index in [2.05, 4.69) is 10.3 Å². The zero-order valence-electron chi connectivity index (χ0n) is 11.6. The van der Waals surface area contributed by atoms with Crippen molar-refractivity contribution < 1.29 is 4.79 Å². The lowest BCUT2D eigenvalue weighted by atomic mass is 9.87. The van der Waals surface area contributed by atoms with Gasteiger partial charge in [0.25, 0.3) is 0 Å². The summed E-state index contributed by atoms with van der Waals surface area (Å²) in [7, 11) is 0. The molecule has 2 heterocycles. The smallest absolute Gasteiger partial charge is 0.237 e. The number of imidazole rings is 1. The molecule has 0 fully saturated rings. The quantitative estimate of drug-likeness (QED) is 0.874. The first kappa shape index (κ1) is 13.5. The third-order valence-electron chi connectivity index (χ3n) is 3.07. The van der Waals surface area contributed by atoms with Crippen LogP contribution in [0.15, 0.2) is 30.6 Å². The van der Waals surface area contributed by atoms with Crippen LogP contribution in [0.4, 0.5) is 0 Å². The molecule has 2 aromatic heterocycles. The predicted octanol–water partition coefficient (Wildman–Crippen LogP) is 1.32. The van der Waals surface area contributed by atoms with Crippen LogP contribution in [0.2, 0.25) is 0 Å². The van der Waals surface area contributed by atoms with Crippen LogP contribution in [0, 0.1) is 5.41 Å². The molecule has 0 spiro atoms. The van der Waals surface area contributed by atoms with E-state index in [-0.39, 0.29) is 11.3 Å². The molecule has 19 heavy (non-hydrogen) atoms. The Labute approximate surface area is 112 Å². The molecule has 3 N–H and O–H groups in total. The highest BCUT2D eigenvalue weighted by Gasteiger charge is 2.27. The molecule has 2 rings (SSSR count). The zero-order valence-corrected chi connectivity index (χ0v) is 11.6. The van der Waals surface area contributed by atoms with Crippen molar-refractivity contribution in [3.63, 3.8) is 0 Å². The number of pyridine rings is 1. The van der Waals surface area contributed by atoms with Crippen molar-refractivity contribution in [2.24, 2.45) is 11.1 Å². The summed E-state index contributed by atoms with van der Waals surface area (Å²) < 4.78 is 1.92. The highest BCUT2D eigenvalue weighted by Crippen LogP contribution is 2.17. The zero-order chi connectivity index (χ0) is 14.0. The van der Waals surface area contributed by atoms with Crippen LogP contribution in [0.5, 0.6) is 0 Å². The maximum absolute atomic E-state index is 11.9. The van der Waals surface area contributed by atoms with E-state index in [4.69, 9.17) is 5.73 Å². The summed E-state index contributed by atoms with van der Waals surface area (Å²) >= 11 is 0. The molecule has 0 aliphatic carbocycles. The Morgan fingerprint density at radius 3 is 2.84 bits per heavy atom. The average Bonchev–Trinajstić information content (AvgIpc) is 2.76. The van der Waals surface area contributed by atoms with Crippen molar-refractivity contribution in [2.75, 3.05) is 0 Å². The first-order chi connectivity index (χ1) is 8.88. The number of nitrogens with one attached hydrogen (secondary N) is 1. The maximum Gasteiger partial charge on any atom is 0.237 e. The van der Waals surface area contributed by atoms with E-state index in [0.29, 0.717) is 6.54 Å². The summed E-state index contributed by atoms with van der Waals surface area (Å²) in [4.78, 5) is 16.3. The van der Waals surface area contributed by atoms with E-state index in [9.17, 15) is 4.79 Å². The van der Waals surface area contributed by atoms with Crippen molar-refractivity contribution in [2.45, 2.75) is 33.4 Å². The Hall–Kier alpha value is -1.88. The molecule has 1 unspecified atom stereocenters. The molecule has 1 atom stereocenters. The fourth-order valence-electron chi connectivity index (χ4n) is 1.75. The van der Waals surface area contributed by atoms with Crippen LogP contribution in [0.25, 0.3) is 5.65 Å². The van der Waals surface area contributed by atoms with Crippen molar-refractivity contribution >= 4 is 11.6 Å². The molecular weight excluding hydrogens is 240 g/mol. The molecule has 5 nitrogen and oxygen atoms in total. The lowest BCUT2D eigenvalue weighted by Gasteiger charge is -2.25. The van der Waals surface area contributed by atoms with Gasteiger partial charge < -0.3 is 15.5 Å². The van der Waals surface area contributed by atoms with Gasteiger partial charge in [-0.05, 0) is 17.5 Å². The Bertz CT molecular complexity index is 549. The van der Waals surface area contributed by atoms with E-state index < -0.39 is 6.04 Å². The van der Waals surface area contributed by atoms with Gasteiger partial charge in [-0.15, -0.1) is 0 Å². The Morgan fingerprint density at radius 1 is 1.47 bits per heavy atom. The van der Waals surface area contributed by atoms with Gasteiger partial charge in [0.15, 0.2) is 0 Å². The van der Waals surface area contributed by atoms with Gasteiger partial charge in [-0.3, -0.25) is 4.79 Å². The molecule has 0 saturated heterocycles. The molecule has 1 amide bonds. The first-order valence-electron chi connectivity index (χ1n) is 6.34. The predicted molar refractivity (Wildman–Crippen MR) is 74.5 cm³/mol. The molecule has 0 aliphatic rings. The lowest BCUT2D eigenvalue weighted by Crippen LogP contribution is -2.48. The van der Waals surface area contributed by atoms with Crippen molar-refractivity contribution in [3.8, 4) is 0 Å². The summed E-state index contributed by atoms with van der Waals surface area (Å²) in [6.07, 6.45) is 3.83. The van der Waals surface area contributed by atoms with Crippen molar-refractivity contribution in [3.05, 3.63) is 36.3 Å². The third-order valence-corrected chi connectivity index (χ3v) is 3.07. The highest BCUT2D eigenvalue weighted by molar-refractivity contribution is 5.82. The molecule has 102 valence electrons. The number of fused-ring (bicyclic) bond motifs is 1. The summed E-state index contributed by atoms with van der Waals surface area (Å²) in [5.41, 5.74) is 7.34.